The van der Waals surface area contributed by atoms with E-state index < -0.39 is 5.97 Å². The van der Waals surface area contributed by atoms with Gasteiger partial charge in [0.25, 0.3) is 0 Å². The number of likely N-dealkylation sites (N-methyl/N-ethyl adjacent to an activating group) is 2. The molecule has 0 radical (unpaired) electrons. The van der Waals surface area contributed by atoms with Crippen molar-refractivity contribution in [2.45, 2.75) is 33.1 Å². The zero-order chi connectivity index (χ0) is 15.8. The van der Waals surface area contributed by atoms with Crippen molar-refractivity contribution in [3.8, 4) is 0 Å². The first kappa shape index (κ1) is 17.3. The summed E-state index contributed by atoms with van der Waals surface area (Å²) >= 11 is 0. The SMILES string of the molecule is CCNC(=O)CN(CC)C(=O)N1CCC(CC(=O)O)CC1. The monoisotopic (exact) mass is 299 g/mol. The number of aliphatic carboxylic acids is 1. The second kappa shape index (κ2) is 8.49. The molecule has 0 atom stereocenters. The maximum absolute atomic E-state index is 12.4. The third-order valence-corrected chi connectivity index (χ3v) is 3.71. The van der Waals surface area contributed by atoms with Gasteiger partial charge in [-0.2, -0.15) is 0 Å². The third-order valence-electron chi connectivity index (χ3n) is 3.71. The lowest BCUT2D eigenvalue weighted by Gasteiger charge is -2.35. The Kier molecular flexibility index (Phi) is 6.98. The highest BCUT2D eigenvalue weighted by atomic mass is 16.4. The molecule has 1 aliphatic rings. The highest BCUT2D eigenvalue weighted by molar-refractivity contribution is 5.84. The van der Waals surface area contributed by atoms with Crippen LogP contribution in [0.1, 0.15) is 33.1 Å². The lowest BCUT2D eigenvalue weighted by molar-refractivity contribution is -0.138. The number of urea groups is 1. The molecule has 1 rings (SSSR count). The molecule has 0 bridgehead atoms. The molecule has 120 valence electrons. The summed E-state index contributed by atoms with van der Waals surface area (Å²) in [5.41, 5.74) is 0. The molecule has 0 aromatic heterocycles. The predicted molar refractivity (Wildman–Crippen MR) is 77.9 cm³/mol. The van der Waals surface area contributed by atoms with Crippen LogP contribution in [0.2, 0.25) is 0 Å². The van der Waals surface area contributed by atoms with Gasteiger partial charge in [-0.05, 0) is 32.6 Å². The van der Waals surface area contributed by atoms with Crippen LogP contribution in [0.15, 0.2) is 0 Å². The van der Waals surface area contributed by atoms with E-state index >= 15 is 0 Å². The molecule has 1 fully saturated rings. The minimum Gasteiger partial charge on any atom is -0.481 e. The van der Waals surface area contributed by atoms with Gasteiger partial charge in [-0.1, -0.05) is 0 Å². The summed E-state index contributed by atoms with van der Waals surface area (Å²) in [6.45, 7) is 5.89. The van der Waals surface area contributed by atoms with Crippen molar-refractivity contribution in [1.29, 1.82) is 0 Å². The molecule has 3 amide bonds. The van der Waals surface area contributed by atoms with Crippen LogP contribution in [0.3, 0.4) is 0 Å². The number of carbonyl (C=O) groups is 3. The summed E-state index contributed by atoms with van der Waals surface area (Å²) < 4.78 is 0. The summed E-state index contributed by atoms with van der Waals surface area (Å²) in [4.78, 5) is 37.9. The average molecular weight is 299 g/mol. The molecule has 0 saturated carbocycles. The summed E-state index contributed by atoms with van der Waals surface area (Å²) in [6.07, 6.45) is 1.58. The van der Waals surface area contributed by atoms with Crippen molar-refractivity contribution in [3.63, 3.8) is 0 Å². The minimum atomic E-state index is -0.786. The van der Waals surface area contributed by atoms with Crippen LogP contribution in [0.25, 0.3) is 0 Å². The van der Waals surface area contributed by atoms with E-state index in [1.165, 1.54) is 4.90 Å². The van der Waals surface area contributed by atoms with Crippen LogP contribution in [0.4, 0.5) is 4.79 Å². The number of nitrogens with zero attached hydrogens (tertiary/aromatic N) is 2. The van der Waals surface area contributed by atoms with E-state index in [0.717, 1.165) is 0 Å². The fourth-order valence-electron chi connectivity index (χ4n) is 2.52. The van der Waals surface area contributed by atoms with Gasteiger partial charge in [0.2, 0.25) is 5.91 Å². The van der Waals surface area contributed by atoms with Crippen LogP contribution < -0.4 is 5.32 Å². The van der Waals surface area contributed by atoms with E-state index in [9.17, 15) is 14.4 Å². The molecule has 0 aromatic carbocycles. The third kappa shape index (κ3) is 5.61. The molecule has 7 heteroatoms. The average Bonchev–Trinajstić information content (AvgIpc) is 2.44. The van der Waals surface area contributed by atoms with Gasteiger partial charge in [0.15, 0.2) is 0 Å². The summed E-state index contributed by atoms with van der Waals surface area (Å²) in [5, 5.41) is 11.5. The van der Waals surface area contributed by atoms with Gasteiger partial charge in [0, 0.05) is 32.6 Å². The maximum atomic E-state index is 12.4. The van der Waals surface area contributed by atoms with Crippen molar-refractivity contribution in [2.24, 2.45) is 5.92 Å². The number of hydrogen-bond acceptors (Lipinski definition) is 3. The van der Waals surface area contributed by atoms with Gasteiger partial charge >= 0.3 is 12.0 Å². The van der Waals surface area contributed by atoms with E-state index in [-0.39, 0.29) is 30.8 Å². The van der Waals surface area contributed by atoms with Gasteiger partial charge in [-0.15, -0.1) is 0 Å². The highest BCUT2D eigenvalue weighted by Crippen LogP contribution is 2.21. The number of likely N-dealkylation sites (tertiary alicyclic amines) is 1. The lowest BCUT2D eigenvalue weighted by Crippen LogP contribution is -2.49. The minimum absolute atomic E-state index is 0.0677. The first-order chi connectivity index (χ1) is 9.97. The number of hydrogen-bond donors (Lipinski definition) is 2. The van der Waals surface area contributed by atoms with Crippen molar-refractivity contribution in [3.05, 3.63) is 0 Å². The number of carboxylic acid groups (broad SMARTS) is 1. The molecule has 1 heterocycles. The normalized spacial score (nSPS) is 15.6. The molecule has 1 aliphatic heterocycles. The second-order valence-corrected chi connectivity index (χ2v) is 5.28. The van der Waals surface area contributed by atoms with Crippen LogP contribution in [-0.4, -0.2) is 65.5 Å². The molecule has 0 unspecified atom stereocenters. The van der Waals surface area contributed by atoms with Crippen LogP contribution in [0, 0.1) is 5.92 Å². The zero-order valence-electron chi connectivity index (χ0n) is 12.8. The highest BCUT2D eigenvalue weighted by Gasteiger charge is 2.27. The van der Waals surface area contributed by atoms with Gasteiger partial charge in [-0.25, -0.2) is 4.79 Å². The van der Waals surface area contributed by atoms with Crippen molar-refractivity contribution < 1.29 is 19.5 Å². The van der Waals surface area contributed by atoms with Crippen molar-refractivity contribution >= 4 is 17.9 Å². The molecule has 7 nitrogen and oxygen atoms in total. The summed E-state index contributed by atoms with van der Waals surface area (Å²) in [7, 11) is 0. The lowest BCUT2D eigenvalue weighted by atomic mass is 9.94. The molecule has 21 heavy (non-hydrogen) atoms. The molecule has 0 aromatic rings. The maximum Gasteiger partial charge on any atom is 0.320 e. The van der Waals surface area contributed by atoms with Crippen LogP contribution in [0.5, 0.6) is 0 Å². The number of carboxylic acids is 1. The van der Waals surface area contributed by atoms with E-state index in [4.69, 9.17) is 5.11 Å². The first-order valence-electron chi connectivity index (χ1n) is 7.50. The van der Waals surface area contributed by atoms with Gasteiger partial charge in [0.05, 0.1) is 0 Å². The molecular formula is C14H25N3O4. The quantitative estimate of drug-likeness (QED) is 0.757. The fourth-order valence-corrected chi connectivity index (χ4v) is 2.52. The first-order valence-corrected chi connectivity index (χ1v) is 7.50. The molecular weight excluding hydrogens is 274 g/mol. The number of carbonyl (C=O) groups excluding carboxylic acids is 2. The largest absolute Gasteiger partial charge is 0.481 e. The van der Waals surface area contributed by atoms with E-state index in [1.54, 1.807) is 4.90 Å². The Morgan fingerprint density at radius 1 is 1.24 bits per heavy atom. The van der Waals surface area contributed by atoms with E-state index in [2.05, 4.69) is 5.32 Å². The Balaban J connectivity index is 2.47. The smallest absolute Gasteiger partial charge is 0.320 e. The topological polar surface area (TPSA) is 90.0 Å². The fraction of sp³-hybridized carbons (Fsp3) is 0.786. The molecule has 0 spiro atoms. The zero-order valence-corrected chi connectivity index (χ0v) is 12.8. The number of amides is 3. The van der Waals surface area contributed by atoms with Crippen LogP contribution >= 0.6 is 0 Å². The van der Waals surface area contributed by atoms with Crippen molar-refractivity contribution in [1.82, 2.24) is 15.1 Å². The van der Waals surface area contributed by atoms with Gasteiger partial charge in [0.1, 0.15) is 6.54 Å². The van der Waals surface area contributed by atoms with Crippen molar-refractivity contribution in [2.75, 3.05) is 32.7 Å². The van der Waals surface area contributed by atoms with Gasteiger partial charge < -0.3 is 20.2 Å². The Bertz CT molecular complexity index is 378. The Morgan fingerprint density at radius 3 is 2.33 bits per heavy atom. The molecule has 1 saturated heterocycles. The molecule has 2 N–H and O–H groups in total. The second-order valence-electron chi connectivity index (χ2n) is 5.28. The summed E-state index contributed by atoms with van der Waals surface area (Å²) in [5.74, 6) is -0.801. The standard InChI is InChI=1S/C14H25N3O4/c1-3-15-12(18)10-16(4-2)14(21)17-7-5-11(6-8-17)9-13(19)20/h11H,3-10H2,1-2H3,(H,15,18)(H,19,20). The Labute approximate surface area is 125 Å². The summed E-state index contributed by atoms with van der Waals surface area (Å²) in [6, 6.07) is -0.141. The molecule has 0 aliphatic carbocycles. The van der Waals surface area contributed by atoms with E-state index in [1.807, 2.05) is 13.8 Å². The van der Waals surface area contributed by atoms with Crippen LogP contribution in [-0.2, 0) is 9.59 Å². The number of nitrogens with one attached hydrogen (secondary N) is 1. The Hall–Kier alpha value is -1.79. The van der Waals surface area contributed by atoms with E-state index in [0.29, 0.717) is 39.0 Å². The predicted octanol–water partition coefficient (Wildman–Crippen LogP) is 0.751. The van der Waals surface area contributed by atoms with Gasteiger partial charge in [-0.3, -0.25) is 9.59 Å². The Morgan fingerprint density at radius 2 is 1.86 bits per heavy atom. The number of piperidine rings is 1. The number of rotatable bonds is 6.